The molecule has 43 heavy (non-hydrogen) atoms. The Kier molecular flexibility index (Phi) is 9.45. The van der Waals surface area contributed by atoms with Crippen LogP contribution in [0.4, 0.5) is 0 Å². The highest BCUT2D eigenvalue weighted by Crippen LogP contribution is 2.37. The highest BCUT2D eigenvalue weighted by Gasteiger charge is 2.44. The Labute approximate surface area is 258 Å². The number of halogens is 1. The van der Waals surface area contributed by atoms with Gasteiger partial charge in [-0.2, -0.15) is 4.31 Å². The maximum atomic E-state index is 14.0. The summed E-state index contributed by atoms with van der Waals surface area (Å²) >= 11 is 6.70. The van der Waals surface area contributed by atoms with Gasteiger partial charge in [0.2, 0.25) is 15.9 Å². The molecule has 3 fully saturated rings. The second-order valence-electron chi connectivity index (χ2n) is 11.7. The van der Waals surface area contributed by atoms with E-state index in [0.29, 0.717) is 76.7 Å². The molecule has 0 spiro atoms. The SMILES string of the molecule is COC(=O)Cc1ccc(C2=C(Cl)N=C([C@@H]3C[C@H](N4CCN(S(C)(=O)=O)CC4)CN3C(=O)C3CCN(C(=N)N)CC3)C2)cc1. The molecule has 1 amide bonds. The lowest BCUT2D eigenvalue weighted by Crippen LogP contribution is -2.52. The molecule has 0 aromatic heterocycles. The van der Waals surface area contributed by atoms with Crippen LogP contribution < -0.4 is 5.73 Å². The van der Waals surface area contributed by atoms with Crippen molar-refractivity contribution in [3.05, 3.63) is 40.5 Å². The lowest BCUT2D eigenvalue weighted by molar-refractivity contribution is -0.140. The van der Waals surface area contributed by atoms with E-state index in [1.165, 1.54) is 17.7 Å². The van der Waals surface area contributed by atoms with Gasteiger partial charge in [0.15, 0.2) is 5.96 Å². The number of ether oxygens (including phenoxy) is 1. The third-order valence-corrected chi connectivity index (χ3v) is 10.7. The number of likely N-dealkylation sites (tertiary alicyclic amines) is 2. The highest BCUT2D eigenvalue weighted by molar-refractivity contribution is 7.88. The summed E-state index contributed by atoms with van der Waals surface area (Å²) < 4.78 is 30.4. The number of nitrogens with two attached hydrogens (primary N) is 1. The lowest BCUT2D eigenvalue weighted by atomic mass is 9.93. The number of carbonyl (C=O) groups is 2. The first-order chi connectivity index (χ1) is 20.4. The first-order valence-electron chi connectivity index (χ1n) is 14.7. The van der Waals surface area contributed by atoms with E-state index in [0.717, 1.165) is 22.4 Å². The van der Waals surface area contributed by atoms with Crippen molar-refractivity contribution in [3.8, 4) is 0 Å². The Morgan fingerprint density at radius 1 is 1.09 bits per heavy atom. The number of hydrogen-bond donors (Lipinski definition) is 2. The van der Waals surface area contributed by atoms with Crippen LogP contribution in [0.5, 0.6) is 0 Å². The molecule has 1 aromatic rings. The number of aliphatic imine (C=N–C) groups is 1. The molecule has 0 bridgehead atoms. The Morgan fingerprint density at radius 2 is 1.74 bits per heavy atom. The van der Waals surface area contributed by atoms with Crippen LogP contribution in [0.25, 0.3) is 5.57 Å². The van der Waals surface area contributed by atoms with Gasteiger partial charge in [-0.25, -0.2) is 13.4 Å². The lowest BCUT2D eigenvalue weighted by Gasteiger charge is -2.37. The summed E-state index contributed by atoms with van der Waals surface area (Å²) in [5, 5.41) is 8.14. The number of carbonyl (C=O) groups excluding carboxylic acids is 2. The fraction of sp³-hybridized carbons (Fsp3) is 0.586. The van der Waals surface area contributed by atoms with Gasteiger partial charge in [-0.05, 0) is 30.4 Å². The van der Waals surface area contributed by atoms with Gasteiger partial charge < -0.3 is 20.3 Å². The van der Waals surface area contributed by atoms with Crippen LogP contribution in [0.2, 0.25) is 0 Å². The summed E-state index contributed by atoms with van der Waals surface area (Å²) in [7, 11) is -1.88. The molecule has 234 valence electrons. The van der Waals surface area contributed by atoms with E-state index >= 15 is 0 Å². The fourth-order valence-corrected chi connectivity index (χ4v) is 7.71. The minimum absolute atomic E-state index is 0.0325. The van der Waals surface area contributed by atoms with E-state index in [1.54, 1.807) is 4.90 Å². The van der Waals surface area contributed by atoms with Gasteiger partial charge in [0, 0.05) is 75.5 Å². The van der Waals surface area contributed by atoms with Crippen molar-refractivity contribution < 1.29 is 22.7 Å². The molecule has 12 nitrogen and oxygen atoms in total. The summed E-state index contributed by atoms with van der Waals surface area (Å²) in [4.78, 5) is 36.5. The molecule has 0 aliphatic carbocycles. The highest BCUT2D eigenvalue weighted by atomic mass is 35.5. The zero-order chi connectivity index (χ0) is 30.9. The van der Waals surface area contributed by atoms with Crippen LogP contribution in [0.1, 0.15) is 36.8 Å². The average Bonchev–Trinajstić information content (AvgIpc) is 3.61. The van der Waals surface area contributed by atoms with Crippen molar-refractivity contribution >= 4 is 50.7 Å². The van der Waals surface area contributed by atoms with Gasteiger partial charge in [0.1, 0.15) is 5.16 Å². The second-order valence-corrected chi connectivity index (χ2v) is 14.1. The van der Waals surface area contributed by atoms with Gasteiger partial charge in [-0.15, -0.1) is 0 Å². The van der Waals surface area contributed by atoms with Crippen molar-refractivity contribution in [1.29, 1.82) is 5.41 Å². The third kappa shape index (κ3) is 7.05. The first kappa shape index (κ1) is 31.4. The molecule has 4 aliphatic heterocycles. The standard InChI is InChI=1S/C29H40ClN7O5S/c1-42-26(38)15-19-3-5-20(6-4-19)23-17-24(33-27(23)30)25-16-22(34-11-13-36(14-12-34)43(2,40)41)18-37(25)28(39)21-7-9-35(10-8-21)29(31)32/h3-6,21-22,25H,7-18H2,1-2H3,(H3,31,32)/t22-,25-/m0/s1. The molecule has 1 aromatic carbocycles. The molecular formula is C29H40ClN7O5S. The number of methoxy groups -OCH3 is 1. The van der Waals surface area contributed by atoms with E-state index < -0.39 is 10.0 Å². The number of esters is 1. The van der Waals surface area contributed by atoms with E-state index in [9.17, 15) is 18.0 Å². The summed E-state index contributed by atoms with van der Waals surface area (Å²) in [5.41, 5.74) is 9.17. The molecule has 0 radical (unpaired) electrons. The molecule has 2 atom stereocenters. The van der Waals surface area contributed by atoms with Gasteiger partial charge in [-0.1, -0.05) is 35.9 Å². The van der Waals surface area contributed by atoms with Crippen molar-refractivity contribution in [2.75, 3.05) is 59.2 Å². The second kappa shape index (κ2) is 12.9. The number of piperidine rings is 1. The molecule has 4 heterocycles. The van der Waals surface area contributed by atoms with Crippen LogP contribution in [-0.4, -0.2) is 122 Å². The van der Waals surface area contributed by atoms with E-state index in [-0.39, 0.29) is 42.3 Å². The molecule has 14 heteroatoms. The maximum absolute atomic E-state index is 14.0. The van der Waals surface area contributed by atoms with Gasteiger partial charge in [0.05, 0.1) is 25.8 Å². The molecule has 5 rings (SSSR count). The summed E-state index contributed by atoms with van der Waals surface area (Å²) in [6.07, 6.45) is 3.91. The fourth-order valence-electron chi connectivity index (χ4n) is 6.60. The number of benzene rings is 1. The number of hydrogen-bond acceptors (Lipinski definition) is 8. The Morgan fingerprint density at radius 3 is 2.33 bits per heavy atom. The minimum atomic E-state index is -3.24. The summed E-state index contributed by atoms with van der Waals surface area (Å²) in [6, 6.07) is 7.48. The van der Waals surface area contributed by atoms with Crippen LogP contribution in [0.3, 0.4) is 0 Å². The van der Waals surface area contributed by atoms with Gasteiger partial charge in [0.25, 0.3) is 0 Å². The molecule has 3 N–H and O–H groups in total. The monoisotopic (exact) mass is 633 g/mol. The molecule has 4 aliphatic rings. The predicted octanol–water partition coefficient (Wildman–Crippen LogP) is 1.31. The van der Waals surface area contributed by atoms with Crippen LogP contribution in [-0.2, 0) is 30.8 Å². The normalized spacial score (nSPS) is 24.4. The van der Waals surface area contributed by atoms with Crippen molar-refractivity contribution in [3.63, 3.8) is 0 Å². The number of piperazine rings is 1. The average molecular weight is 634 g/mol. The smallest absolute Gasteiger partial charge is 0.309 e. The largest absolute Gasteiger partial charge is 0.469 e. The van der Waals surface area contributed by atoms with Crippen molar-refractivity contribution in [1.82, 2.24) is 19.0 Å². The van der Waals surface area contributed by atoms with E-state index in [2.05, 4.69) is 4.90 Å². The number of sulfonamides is 1. The quantitative estimate of drug-likeness (QED) is 0.197. The van der Waals surface area contributed by atoms with Crippen molar-refractivity contribution in [2.45, 2.75) is 44.2 Å². The number of nitrogens with one attached hydrogen (secondary N) is 1. The van der Waals surface area contributed by atoms with E-state index in [1.807, 2.05) is 29.2 Å². The molecule has 0 unspecified atom stereocenters. The Balaban J connectivity index is 1.31. The van der Waals surface area contributed by atoms with Gasteiger partial charge >= 0.3 is 5.97 Å². The number of rotatable bonds is 7. The molecular weight excluding hydrogens is 594 g/mol. The number of amides is 1. The number of nitrogens with zero attached hydrogens (tertiary/aromatic N) is 5. The zero-order valence-electron chi connectivity index (χ0n) is 24.7. The van der Waals surface area contributed by atoms with Crippen LogP contribution in [0.15, 0.2) is 34.4 Å². The Hall–Kier alpha value is -3.00. The summed E-state index contributed by atoms with van der Waals surface area (Å²) in [5.74, 6) is -0.344. The predicted molar refractivity (Wildman–Crippen MR) is 165 cm³/mol. The third-order valence-electron chi connectivity index (χ3n) is 9.12. The number of allylic oxidation sites excluding steroid dienone is 1. The topological polar surface area (TPSA) is 153 Å². The first-order valence-corrected chi connectivity index (χ1v) is 16.9. The maximum Gasteiger partial charge on any atom is 0.309 e. The molecule has 0 saturated carbocycles. The van der Waals surface area contributed by atoms with Gasteiger partial charge in [-0.3, -0.25) is 19.9 Å². The molecule has 3 saturated heterocycles. The zero-order valence-corrected chi connectivity index (χ0v) is 26.2. The van der Waals surface area contributed by atoms with E-state index in [4.69, 9.17) is 32.5 Å². The summed E-state index contributed by atoms with van der Waals surface area (Å²) in [6.45, 7) is 3.78. The minimum Gasteiger partial charge on any atom is -0.469 e. The van der Waals surface area contributed by atoms with Crippen LogP contribution in [0, 0.1) is 11.3 Å². The Bertz CT molecular complexity index is 1410. The number of guanidine groups is 1. The van der Waals surface area contributed by atoms with Crippen molar-refractivity contribution in [2.24, 2.45) is 16.6 Å². The van der Waals surface area contributed by atoms with Crippen LogP contribution >= 0.6 is 11.6 Å².